The quantitative estimate of drug-likeness (QED) is 0.324. The molecule has 6 nitrogen and oxygen atoms in total. The highest BCUT2D eigenvalue weighted by molar-refractivity contribution is 7.91. The lowest BCUT2D eigenvalue weighted by molar-refractivity contribution is -0.162. The number of alkyl halides is 4. The fraction of sp³-hybridized carbons (Fsp3) is 0.875. The van der Waals surface area contributed by atoms with E-state index in [1.807, 2.05) is 0 Å². The van der Waals surface area contributed by atoms with Gasteiger partial charge in [-0.3, -0.25) is 9.59 Å². The zero-order chi connectivity index (χ0) is 20.9. The van der Waals surface area contributed by atoms with Crippen LogP contribution in [0.4, 0.5) is 17.6 Å². The van der Waals surface area contributed by atoms with Crippen LogP contribution in [-0.4, -0.2) is 51.5 Å². The zero-order valence-electron chi connectivity index (χ0n) is 15.2. The van der Waals surface area contributed by atoms with Crippen molar-refractivity contribution >= 4 is 21.8 Å². The molecule has 0 saturated heterocycles. The summed E-state index contributed by atoms with van der Waals surface area (Å²) in [6.45, 7) is -0.226. The summed E-state index contributed by atoms with van der Waals surface area (Å²) in [5, 5.41) is -5.14. The molecule has 11 heteroatoms. The van der Waals surface area contributed by atoms with Crippen molar-refractivity contribution in [1.29, 1.82) is 0 Å². The van der Waals surface area contributed by atoms with Crippen LogP contribution in [0.2, 0.25) is 0 Å². The Kier molecular flexibility index (Phi) is 8.06. The first kappa shape index (κ1) is 23.6. The normalized spacial score (nSPS) is 21.6. The number of unbranched alkanes of at least 4 members (excludes halogenated alkanes) is 1. The first-order chi connectivity index (χ1) is 12.3. The van der Waals surface area contributed by atoms with Gasteiger partial charge in [-0.05, 0) is 38.5 Å². The summed E-state index contributed by atoms with van der Waals surface area (Å²) in [5.74, 6) is -6.20. The average molecular weight is 420 g/mol. The number of sulfone groups is 1. The van der Waals surface area contributed by atoms with Crippen LogP contribution in [0.25, 0.3) is 0 Å². The van der Waals surface area contributed by atoms with Crippen LogP contribution in [0.5, 0.6) is 0 Å². The number of esters is 2. The number of hydrogen-bond acceptors (Lipinski definition) is 6. The Balaban J connectivity index is 2.33. The third-order valence-electron chi connectivity index (χ3n) is 4.62. The van der Waals surface area contributed by atoms with Crippen LogP contribution in [0.15, 0.2) is 0 Å². The van der Waals surface area contributed by atoms with Gasteiger partial charge in [0.25, 0.3) is 0 Å². The van der Waals surface area contributed by atoms with E-state index in [1.54, 1.807) is 0 Å². The van der Waals surface area contributed by atoms with Crippen LogP contribution in [0, 0.1) is 11.8 Å². The Morgan fingerprint density at radius 3 is 1.89 bits per heavy atom. The third-order valence-corrected chi connectivity index (χ3v) is 5.85. The van der Waals surface area contributed by atoms with Gasteiger partial charge >= 0.3 is 23.1 Å². The molecule has 27 heavy (non-hydrogen) atoms. The first-order valence-electron chi connectivity index (χ1n) is 8.53. The predicted molar refractivity (Wildman–Crippen MR) is 87.0 cm³/mol. The van der Waals surface area contributed by atoms with Gasteiger partial charge in [0.1, 0.15) is 0 Å². The summed E-state index contributed by atoms with van der Waals surface area (Å²) in [4.78, 5) is 23.3. The fourth-order valence-corrected chi connectivity index (χ4v) is 3.53. The van der Waals surface area contributed by atoms with Gasteiger partial charge in [-0.15, -0.1) is 0 Å². The monoisotopic (exact) mass is 420 g/mol. The molecular formula is C16H24F4O6S. The molecule has 0 bridgehead atoms. The summed E-state index contributed by atoms with van der Waals surface area (Å²) >= 11 is 0. The molecule has 1 aliphatic rings. The molecule has 0 N–H and O–H groups in total. The molecular weight excluding hydrogens is 396 g/mol. The summed E-state index contributed by atoms with van der Waals surface area (Å²) in [6.07, 6.45) is 0.0403. The van der Waals surface area contributed by atoms with Crippen molar-refractivity contribution in [2.75, 3.05) is 20.0 Å². The molecule has 0 unspecified atom stereocenters. The Morgan fingerprint density at radius 1 is 0.963 bits per heavy atom. The molecule has 0 amide bonds. The van der Waals surface area contributed by atoms with E-state index >= 15 is 0 Å². The molecule has 1 rings (SSSR count). The largest absolute Gasteiger partial charge is 0.469 e. The van der Waals surface area contributed by atoms with Crippen LogP contribution in [0.3, 0.4) is 0 Å². The third kappa shape index (κ3) is 6.05. The number of methoxy groups -OCH3 is 1. The van der Waals surface area contributed by atoms with Crippen molar-refractivity contribution in [3.8, 4) is 0 Å². The van der Waals surface area contributed by atoms with Gasteiger partial charge in [0, 0.05) is 12.7 Å². The van der Waals surface area contributed by atoms with Gasteiger partial charge in [0.15, 0.2) is 0 Å². The van der Waals surface area contributed by atoms with Gasteiger partial charge in [-0.2, -0.15) is 17.6 Å². The Morgan fingerprint density at radius 2 is 1.44 bits per heavy atom. The second-order valence-electron chi connectivity index (χ2n) is 6.69. The van der Waals surface area contributed by atoms with Crippen molar-refractivity contribution in [2.24, 2.45) is 11.8 Å². The number of ether oxygens (including phenoxy) is 2. The van der Waals surface area contributed by atoms with Crippen molar-refractivity contribution in [2.45, 2.75) is 56.1 Å². The molecule has 0 radical (unpaired) electrons. The van der Waals surface area contributed by atoms with E-state index in [-0.39, 0.29) is 31.2 Å². The number of rotatable bonds is 9. The van der Waals surface area contributed by atoms with E-state index in [2.05, 4.69) is 4.74 Å². The number of halogens is 4. The molecule has 158 valence electrons. The summed E-state index contributed by atoms with van der Waals surface area (Å²) in [6, 6.07) is 0. The minimum absolute atomic E-state index is 0.0532. The van der Waals surface area contributed by atoms with Crippen molar-refractivity contribution < 1.29 is 45.0 Å². The molecule has 0 aromatic heterocycles. The topological polar surface area (TPSA) is 86.7 Å². The maximum atomic E-state index is 13.4. The Hall–Kier alpha value is -1.39. The SMILES string of the molecule is COC(=O)C1CCC(C(=O)OCCCCC(F)(F)C(F)(F)S(C)(=O)=O)CC1. The number of carbonyl (C=O) groups excluding carboxylic acids is 2. The lowest BCUT2D eigenvalue weighted by Gasteiger charge is -2.26. The fourth-order valence-electron chi connectivity index (χ4n) is 2.89. The molecule has 0 spiro atoms. The highest BCUT2D eigenvalue weighted by Gasteiger charge is 2.62. The van der Waals surface area contributed by atoms with Crippen molar-refractivity contribution in [3.05, 3.63) is 0 Å². The minimum Gasteiger partial charge on any atom is -0.469 e. The minimum atomic E-state index is -5.25. The highest BCUT2D eigenvalue weighted by Crippen LogP contribution is 2.41. The van der Waals surface area contributed by atoms with Crippen molar-refractivity contribution in [3.63, 3.8) is 0 Å². The van der Waals surface area contributed by atoms with E-state index in [0.29, 0.717) is 25.7 Å². The average Bonchev–Trinajstić information content (AvgIpc) is 2.59. The van der Waals surface area contributed by atoms with Gasteiger partial charge in [-0.25, -0.2) is 8.42 Å². The predicted octanol–water partition coefficient (Wildman–Crippen LogP) is 2.95. The van der Waals surface area contributed by atoms with E-state index in [4.69, 9.17) is 4.74 Å². The van der Waals surface area contributed by atoms with Crippen molar-refractivity contribution in [1.82, 2.24) is 0 Å². The highest BCUT2D eigenvalue weighted by atomic mass is 32.2. The molecule has 0 aromatic rings. The van der Waals surface area contributed by atoms with E-state index in [1.165, 1.54) is 7.11 Å². The second kappa shape index (κ2) is 9.20. The Labute approximate surface area is 155 Å². The molecule has 1 fully saturated rings. The summed E-state index contributed by atoms with van der Waals surface area (Å²) in [5.41, 5.74) is 0. The lowest BCUT2D eigenvalue weighted by atomic mass is 9.82. The van der Waals surface area contributed by atoms with Gasteiger partial charge in [0.2, 0.25) is 9.84 Å². The van der Waals surface area contributed by atoms with E-state index in [9.17, 15) is 35.6 Å². The molecule has 0 aromatic carbocycles. The van der Waals surface area contributed by atoms with Crippen LogP contribution in [-0.2, 0) is 28.9 Å². The van der Waals surface area contributed by atoms with Gasteiger partial charge in [0.05, 0.1) is 25.6 Å². The number of hydrogen-bond donors (Lipinski definition) is 0. The number of carbonyl (C=O) groups is 2. The molecule has 1 aliphatic carbocycles. The lowest BCUT2D eigenvalue weighted by Crippen LogP contribution is -2.46. The van der Waals surface area contributed by atoms with Crippen LogP contribution >= 0.6 is 0 Å². The molecule has 0 atom stereocenters. The van der Waals surface area contributed by atoms with Gasteiger partial charge < -0.3 is 9.47 Å². The zero-order valence-corrected chi connectivity index (χ0v) is 16.0. The summed E-state index contributed by atoms with van der Waals surface area (Å²) in [7, 11) is -3.96. The maximum absolute atomic E-state index is 13.4. The van der Waals surface area contributed by atoms with Crippen LogP contribution in [0.1, 0.15) is 44.9 Å². The van der Waals surface area contributed by atoms with Crippen LogP contribution < -0.4 is 0 Å². The first-order valence-corrected chi connectivity index (χ1v) is 10.4. The maximum Gasteiger partial charge on any atom is 0.406 e. The molecule has 0 aliphatic heterocycles. The molecule has 1 saturated carbocycles. The standard InChI is InChI=1S/C16H24F4O6S/c1-25-13(21)11-5-7-12(8-6-11)14(22)26-10-4-3-9-15(17,18)16(19,20)27(2,23)24/h11-12H,3-10H2,1-2H3. The van der Waals surface area contributed by atoms with Gasteiger partial charge in [-0.1, -0.05) is 0 Å². The van der Waals surface area contributed by atoms with E-state index < -0.39 is 45.7 Å². The Bertz CT molecular complexity index is 627. The second-order valence-corrected chi connectivity index (χ2v) is 8.75. The van der Waals surface area contributed by atoms with E-state index in [0.717, 1.165) is 0 Å². The molecule has 0 heterocycles. The summed E-state index contributed by atoms with van der Waals surface area (Å²) < 4.78 is 84.6. The smallest absolute Gasteiger partial charge is 0.406 e.